The van der Waals surface area contributed by atoms with Crippen molar-refractivity contribution in [3.8, 4) is 5.75 Å². The van der Waals surface area contributed by atoms with Crippen molar-refractivity contribution < 1.29 is 4.74 Å². The lowest BCUT2D eigenvalue weighted by Gasteiger charge is -2.14. The monoisotopic (exact) mass is 191 g/mol. The summed E-state index contributed by atoms with van der Waals surface area (Å²) in [6.07, 6.45) is 2.81. The van der Waals surface area contributed by atoms with Gasteiger partial charge in [0.25, 0.3) is 0 Å². The van der Waals surface area contributed by atoms with Crippen LogP contribution in [0.2, 0.25) is 0 Å². The van der Waals surface area contributed by atoms with Gasteiger partial charge in [0.15, 0.2) is 0 Å². The van der Waals surface area contributed by atoms with Crippen LogP contribution in [0.1, 0.15) is 36.9 Å². The standard InChI is InChI=1S/C12H17NO/c1-8-3-6-11(9(2)13)12(7-8)14-10-4-5-10/h3,6-7,9-10H,4-5,13H2,1-2H3. The summed E-state index contributed by atoms with van der Waals surface area (Å²) in [5.41, 5.74) is 8.22. The van der Waals surface area contributed by atoms with Crippen LogP contribution in [-0.2, 0) is 0 Å². The Balaban J connectivity index is 2.27. The molecule has 0 heterocycles. The smallest absolute Gasteiger partial charge is 0.124 e. The van der Waals surface area contributed by atoms with Crippen LogP contribution in [0.25, 0.3) is 0 Å². The number of aryl methyl sites for hydroxylation is 1. The van der Waals surface area contributed by atoms with Crippen molar-refractivity contribution in [2.75, 3.05) is 0 Å². The normalized spacial score (nSPS) is 17.9. The summed E-state index contributed by atoms with van der Waals surface area (Å²) < 4.78 is 5.82. The largest absolute Gasteiger partial charge is 0.490 e. The van der Waals surface area contributed by atoms with E-state index in [9.17, 15) is 0 Å². The zero-order valence-electron chi connectivity index (χ0n) is 8.79. The van der Waals surface area contributed by atoms with Crippen LogP contribution in [0.5, 0.6) is 5.75 Å². The molecule has 2 rings (SSSR count). The number of rotatable bonds is 3. The maximum atomic E-state index is 5.88. The van der Waals surface area contributed by atoms with Crippen molar-refractivity contribution in [2.24, 2.45) is 5.73 Å². The third kappa shape index (κ3) is 2.07. The van der Waals surface area contributed by atoms with Crippen LogP contribution in [0.4, 0.5) is 0 Å². The second-order valence-electron chi connectivity index (χ2n) is 4.15. The van der Waals surface area contributed by atoms with E-state index in [0.717, 1.165) is 11.3 Å². The Bertz CT molecular complexity index is 329. The lowest BCUT2D eigenvalue weighted by Crippen LogP contribution is -2.09. The maximum absolute atomic E-state index is 5.88. The fourth-order valence-corrected chi connectivity index (χ4v) is 1.49. The predicted octanol–water partition coefficient (Wildman–Crippen LogP) is 2.56. The number of benzene rings is 1. The van der Waals surface area contributed by atoms with Gasteiger partial charge in [0.05, 0.1) is 6.10 Å². The average Bonchev–Trinajstić information content (AvgIpc) is 2.87. The van der Waals surface area contributed by atoms with Crippen LogP contribution >= 0.6 is 0 Å². The Hall–Kier alpha value is -1.02. The molecule has 0 aromatic heterocycles. The molecule has 0 radical (unpaired) electrons. The van der Waals surface area contributed by atoms with Gasteiger partial charge in [0, 0.05) is 11.6 Å². The molecule has 0 bridgehead atoms. The van der Waals surface area contributed by atoms with E-state index in [-0.39, 0.29) is 6.04 Å². The molecule has 0 saturated heterocycles. The SMILES string of the molecule is Cc1ccc(C(C)N)c(OC2CC2)c1. The lowest BCUT2D eigenvalue weighted by molar-refractivity contribution is 0.298. The molecule has 1 aromatic carbocycles. The Labute approximate surface area is 85.1 Å². The van der Waals surface area contributed by atoms with E-state index in [0.29, 0.717) is 6.10 Å². The Kier molecular flexibility index (Phi) is 2.46. The molecule has 0 aliphatic heterocycles. The summed E-state index contributed by atoms with van der Waals surface area (Å²) in [5.74, 6) is 0.975. The molecule has 1 aliphatic carbocycles. The average molecular weight is 191 g/mol. The van der Waals surface area contributed by atoms with E-state index >= 15 is 0 Å². The summed E-state index contributed by atoms with van der Waals surface area (Å²) in [7, 11) is 0. The number of nitrogens with two attached hydrogens (primary N) is 1. The highest BCUT2D eigenvalue weighted by Crippen LogP contribution is 2.31. The van der Waals surface area contributed by atoms with Gasteiger partial charge in [-0.05, 0) is 38.3 Å². The first-order valence-electron chi connectivity index (χ1n) is 5.19. The molecular formula is C12H17NO. The number of ether oxygens (including phenoxy) is 1. The molecule has 2 N–H and O–H groups in total. The van der Waals surface area contributed by atoms with E-state index in [1.54, 1.807) is 0 Å². The number of hydrogen-bond acceptors (Lipinski definition) is 2. The van der Waals surface area contributed by atoms with E-state index in [1.165, 1.54) is 18.4 Å². The molecule has 2 nitrogen and oxygen atoms in total. The molecule has 1 aliphatic rings. The zero-order valence-corrected chi connectivity index (χ0v) is 8.79. The van der Waals surface area contributed by atoms with E-state index in [1.807, 2.05) is 6.92 Å². The summed E-state index contributed by atoms with van der Waals surface area (Å²) in [5, 5.41) is 0. The zero-order chi connectivity index (χ0) is 10.1. The summed E-state index contributed by atoms with van der Waals surface area (Å²) in [6, 6.07) is 6.28. The van der Waals surface area contributed by atoms with Crippen LogP contribution in [0.15, 0.2) is 18.2 Å². The number of hydrogen-bond donors (Lipinski definition) is 1. The van der Waals surface area contributed by atoms with Gasteiger partial charge in [-0.2, -0.15) is 0 Å². The second kappa shape index (κ2) is 3.62. The molecule has 1 aromatic rings. The van der Waals surface area contributed by atoms with Gasteiger partial charge >= 0.3 is 0 Å². The first-order chi connectivity index (χ1) is 6.66. The van der Waals surface area contributed by atoms with Crippen molar-refractivity contribution in [3.63, 3.8) is 0 Å². The summed E-state index contributed by atoms with van der Waals surface area (Å²) in [4.78, 5) is 0. The minimum Gasteiger partial charge on any atom is -0.490 e. The highest BCUT2D eigenvalue weighted by Gasteiger charge is 2.24. The van der Waals surface area contributed by atoms with Crippen molar-refractivity contribution in [1.82, 2.24) is 0 Å². The molecule has 1 fully saturated rings. The fourth-order valence-electron chi connectivity index (χ4n) is 1.49. The fraction of sp³-hybridized carbons (Fsp3) is 0.500. The van der Waals surface area contributed by atoms with Crippen LogP contribution in [0, 0.1) is 6.92 Å². The van der Waals surface area contributed by atoms with Gasteiger partial charge < -0.3 is 10.5 Å². The van der Waals surface area contributed by atoms with Crippen LogP contribution in [-0.4, -0.2) is 6.10 Å². The van der Waals surface area contributed by atoms with Crippen LogP contribution < -0.4 is 10.5 Å². The van der Waals surface area contributed by atoms with Gasteiger partial charge in [0.1, 0.15) is 5.75 Å². The van der Waals surface area contributed by atoms with E-state index in [4.69, 9.17) is 10.5 Å². The molecule has 1 saturated carbocycles. The minimum absolute atomic E-state index is 0.0457. The molecule has 1 unspecified atom stereocenters. The third-order valence-electron chi connectivity index (χ3n) is 2.48. The maximum Gasteiger partial charge on any atom is 0.124 e. The molecule has 0 spiro atoms. The van der Waals surface area contributed by atoms with Crippen molar-refractivity contribution >= 4 is 0 Å². The van der Waals surface area contributed by atoms with Gasteiger partial charge in [0.2, 0.25) is 0 Å². The second-order valence-corrected chi connectivity index (χ2v) is 4.15. The van der Waals surface area contributed by atoms with Crippen molar-refractivity contribution in [1.29, 1.82) is 0 Å². The van der Waals surface area contributed by atoms with Crippen molar-refractivity contribution in [3.05, 3.63) is 29.3 Å². The molecular weight excluding hydrogens is 174 g/mol. The first-order valence-corrected chi connectivity index (χ1v) is 5.19. The Morgan fingerprint density at radius 1 is 1.43 bits per heavy atom. The first kappa shape index (κ1) is 9.53. The third-order valence-corrected chi connectivity index (χ3v) is 2.48. The minimum atomic E-state index is 0.0457. The lowest BCUT2D eigenvalue weighted by atomic mass is 10.1. The molecule has 76 valence electrons. The van der Waals surface area contributed by atoms with Gasteiger partial charge in [-0.3, -0.25) is 0 Å². The Morgan fingerprint density at radius 2 is 2.14 bits per heavy atom. The van der Waals surface area contributed by atoms with E-state index in [2.05, 4.69) is 25.1 Å². The molecule has 1 atom stereocenters. The van der Waals surface area contributed by atoms with Crippen LogP contribution in [0.3, 0.4) is 0 Å². The molecule has 0 amide bonds. The highest BCUT2D eigenvalue weighted by molar-refractivity contribution is 5.39. The topological polar surface area (TPSA) is 35.2 Å². The molecule has 2 heteroatoms. The van der Waals surface area contributed by atoms with E-state index < -0.39 is 0 Å². The van der Waals surface area contributed by atoms with Crippen molar-refractivity contribution in [2.45, 2.75) is 38.8 Å². The van der Waals surface area contributed by atoms with Gasteiger partial charge in [-0.25, -0.2) is 0 Å². The van der Waals surface area contributed by atoms with Gasteiger partial charge in [-0.1, -0.05) is 12.1 Å². The summed E-state index contributed by atoms with van der Waals surface area (Å²) >= 11 is 0. The highest BCUT2D eigenvalue weighted by atomic mass is 16.5. The summed E-state index contributed by atoms with van der Waals surface area (Å²) in [6.45, 7) is 4.06. The Morgan fingerprint density at radius 3 is 2.71 bits per heavy atom. The quantitative estimate of drug-likeness (QED) is 0.797. The molecule has 14 heavy (non-hydrogen) atoms. The predicted molar refractivity (Wildman–Crippen MR) is 57.4 cm³/mol. The van der Waals surface area contributed by atoms with Gasteiger partial charge in [-0.15, -0.1) is 0 Å².